The molecular weight excluding hydrogens is 286 g/mol. The summed E-state index contributed by atoms with van der Waals surface area (Å²) in [6, 6.07) is 3.55. The monoisotopic (exact) mass is 307 g/mol. The maximum absolute atomic E-state index is 12.8. The molecule has 0 amide bonds. The molecule has 4 nitrogen and oxygen atoms in total. The van der Waals surface area contributed by atoms with Crippen molar-refractivity contribution in [1.82, 2.24) is 4.98 Å². The zero-order valence-corrected chi connectivity index (χ0v) is 13.3. The molecule has 0 aliphatic carbocycles. The Morgan fingerprint density at radius 2 is 1.95 bits per heavy atom. The lowest BCUT2D eigenvalue weighted by atomic mass is 9.84. The van der Waals surface area contributed by atoms with Gasteiger partial charge in [-0.2, -0.15) is 0 Å². The van der Waals surface area contributed by atoms with Crippen molar-refractivity contribution in [2.75, 3.05) is 7.11 Å². The molecule has 2 aliphatic heterocycles. The van der Waals surface area contributed by atoms with E-state index in [1.165, 1.54) is 0 Å². The fourth-order valence-electron chi connectivity index (χ4n) is 3.58. The van der Waals surface area contributed by atoms with E-state index in [1.807, 2.05) is 13.0 Å². The van der Waals surface area contributed by atoms with Gasteiger partial charge in [0.25, 0.3) is 0 Å². The Kier molecular flexibility index (Phi) is 4.11. The first kappa shape index (κ1) is 14.7. The third-order valence-electron chi connectivity index (χ3n) is 4.71. The van der Waals surface area contributed by atoms with Crippen molar-refractivity contribution < 1.29 is 13.7 Å². The summed E-state index contributed by atoms with van der Waals surface area (Å²) < 4.78 is 17.3. The highest BCUT2D eigenvalue weighted by atomic mass is 32.2. The van der Waals surface area contributed by atoms with Crippen molar-refractivity contribution in [3.8, 4) is 5.88 Å². The number of ketones is 1. The molecule has 2 aliphatic rings. The number of carbonyl (C=O) groups excluding carboxylic acids is 1. The third kappa shape index (κ3) is 2.76. The highest BCUT2D eigenvalue weighted by Gasteiger charge is 2.40. The van der Waals surface area contributed by atoms with Crippen molar-refractivity contribution in [3.63, 3.8) is 0 Å². The summed E-state index contributed by atoms with van der Waals surface area (Å²) in [7, 11) is 0.842. The largest absolute Gasteiger partial charge is 0.481 e. The molecule has 21 heavy (non-hydrogen) atoms. The van der Waals surface area contributed by atoms with E-state index < -0.39 is 10.8 Å². The summed E-state index contributed by atoms with van der Waals surface area (Å²) in [5, 5.41) is 0.441. The standard InChI is InChI=1S/C16H21NO3S/c1-10-14(6-7-15(17-10)20-2)16(18)11-8-12-4-3-5-13(9-11)21(12)19/h6-7,11-13H,3-5,8-9H2,1-2H3. The molecule has 0 N–H and O–H groups in total. The van der Waals surface area contributed by atoms with Crippen molar-refractivity contribution in [3.05, 3.63) is 23.4 Å². The van der Waals surface area contributed by atoms with Gasteiger partial charge in [-0.1, -0.05) is 6.42 Å². The number of ether oxygens (including phenoxy) is 1. The third-order valence-corrected chi connectivity index (χ3v) is 6.88. The predicted octanol–water partition coefficient (Wildman–Crippen LogP) is 2.66. The predicted molar refractivity (Wildman–Crippen MR) is 82.1 cm³/mol. The fourth-order valence-corrected chi connectivity index (χ4v) is 5.77. The van der Waals surface area contributed by atoms with E-state index in [0.29, 0.717) is 11.4 Å². The molecule has 0 aromatic carbocycles. The fraction of sp³-hybridized carbons (Fsp3) is 0.625. The van der Waals surface area contributed by atoms with E-state index in [2.05, 4.69) is 4.98 Å². The van der Waals surface area contributed by atoms with Crippen LogP contribution < -0.4 is 4.74 Å². The topological polar surface area (TPSA) is 56.3 Å². The Balaban J connectivity index is 1.81. The minimum Gasteiger partial charge on any atom is -0.481 e. The maximum atomic E-state index is 12.8. The van der Waals surface area contributed by atoms with Gasteiger partial charge in [0.15, 0.2) is 5.78 Å². The van der Waals surface area contributed by atoms with Crippen LogP contribution in [-0.2, 0) is 10.8 Å². The molecule has 5 heteroatoms. The highest BCUT2D eigenvalue weighted by molar-refractivity contribution is 7.86. The first-order valence-corrected chi connectivity index (χ1v) is 8.83. The lowest BCUT2D eigenvalue weighted by Gasteiger charge is -2.37. The molecule has 2 bridgehead atoms. The molecule has 1 aromatic heterocycles. The van der Waals surface area contributed by atoms with Crippen LogP contribution in [0.3, 0.4) is 0 Å². The number of hydrogen-bond donors (Lipinski definition) is 0. The molecule has 0 saturated carbocycles. The number of methoxy groups -OCH3 is 1. The highest BCUT2D eigenvalue weighted by Crippen LogP contribution is 2.38. The number of rotatable bonds is 3. The van der Waals surface area contributed by atoms with Crippen molar-refractivity contribution in [2.45, 2.75) is 49.5 Å². The van der Waals surface area contributed by atoms with Gasteiger partial charge in [-0.15, -0.1) is 0 Å². The number of Topliss-reactive ketones (excluding diaryl/α,β-unsaturated/α-hetero) is 1. The molecule has 0 radical (unpaired) electrons. The van der Waals surface area contributed by atoms with Crippen LogP contribution in [0.1, 0.15) is 48.2 Å². The van der Waals surface area contributed by atoms with E-state index in [0.717, 1.165) is 37.8 Å². The van der Waals surface area contributed by atoms with Gasteiger partial charge in [0, 0.05) is 38.8 Å². The first-order valence-electron chi connectivity index (χ1n) is 7.55. The Morgan fingerprint density at radius 3 is 2.52 bits per heavy atom. The second-order valence-corrected chi connectivity index (χ2v) is 8.01. The Hall–Kier alpha value is -1.23. The zero-order valence-electron chi connectivity index (χ0n) is 12.5. The van der Waals surface area contributed by atoms with Gasteiger partial charge >= 0.3 is 0 Å². The lowest BCUT2D eigenvalue weighted by molar-refractivity contribution is 0.0894. The van der Waals surface area contributed by atoms with E-state index >= 15 is 0 Å². The first-order chi connectivity index (χ1) is 10.1. The van der Waals surface area contributed by atoms with Crippen LogP contribution in [0.5, 0.6) is 5.88 Å². The summed E-state index contributed by atoms with van der Waals surface area (Å²) in [5.74, 6) is 0.703. The minimum absolute atomic E-state index is 0.00638. The van der Waals surface area contributed by atoms with Gasteiger partial charge < -0.3 is 4.74 Å². The number of hydrogen-bond acceptors (Lipinski definition) is 4. The number of aryl methyl sites for hydroxylation is 1. The zero-order chi connectivity index (χ0) is 15.0. The number of aromatic nitrogens is 1. The molecular formula is C16H21NO3S. The van der Waals surface area contributed by atoms with Crippen LogP contribution >= 0.6 is 0 Å². The van der Waals surface area contributed by atoms with Crippen LogP contribution in [-0.4, -0.2) is 32.6 Å². The van der Waals surface area contributed by atoms with Gasteiger partial charge in [0.1, 0.15) is 0 Å². The average Bonchev–Trinajstić information content (AvgIpc) is 2.46. The van der Waals surface area contributed by atoms with Crippen molar-refractivity contribution >= 4 is 16.6 Å². The Bertz CT molecular complexity index is 571. The smallest absolute Gasteiger partial charge is 0.213 e. The van der Waals surface area contributed by atoms with Crippen molar-refractivity contribution in [2.24, 2.45) is 5.92 Å². The van der Waals surface area contributed by atoms with Gasteiger partial charge in [-0.25, -0.2) is 4.98 Å². The Labute approximate surface area is 127 Å². The molecule has 2 saturated heterocycles. The van der Waals surface area contributed by atoms with Gasteiger partial charge in [0.05, 0.1) is 12.8 Å². The normalized spacial score (nSPS) is 31.7. The average molecular weight is 307 g/mol. The molecule has 3 heterocycles. The van der Waals surface area contributed by atoms with Crippen LogP contribution in [0.4, 0.5) is 0 Å². The van der Waals surface area contributed by atoms with Crippen LogP contribution in [0.25, 0.3) is 0 Å². The van der Waals surface area contributed by atoms with E-state index in [-0.39, 0.29) is 22.2 Å². The van der Waals surface area contributed by atoms with Gasteiger partial charge in [0.2, 0.25) is 5.88 Å². The lowest BCUT2D eigenvalue weighted by Crippen LogP contribution is -2.41. The summed E-state index contributed by atoms with van der Waals surface area (Å²) in [6.07, 6.45) is 4.71. The van der Waals surface area contributed by atoms with Crippen LogP contribution in [0, 0.1) is 12.8 Å². The number of pyridine rings is 1. The number of fused-ring (bicyclic) bond motifs is 2. The molecule has 2 atom stereocenters. The van der Waals surface area contributed by atoms with Crippen LogP contribution in [0.15, 0.2) is 12.1 Å². The molecule has 2 unspecified atom stereocenters. The second kappa shape index (κ2) is 5.87. The SMILES string of the molecule is COc1ccc(C(=O)C2CC3CCCC(C2)S3=O)c(C)n1. The minimum atomic E-state index is -0.728. The summed E-state index contributed by atoms with van der Waals surface area (Å²) in [5.41, 5.74) is 1.41. The summed E-state index contributed by atoms with van der Waals surface area (Å²) in [4.78, 5) is 17.1. The van der Waals surface area contributed by atoms with Crippen LogP contribution in [0.2, 0.25) is 0 Å². The summed E-state index contributed by atoms with van der Waals surface area (Å²) in [6.45, 7) is 1.84. The maximum Gasteiger partial charge on any atom is 0.213 e. The van der Waals surface area contributed by atoms with E-state index in [9.17, 15) is 9.00 Å². The summed E-state index contributed by atoms with van der Waals surface area (Å²) >= 11 is 0. The molecule has 1 aromatic rings. The molecule has 3 rings (SSSR count). The van der Waals surface area contributed by atoms with E-state index in [4.69, 9.17) is 4.74 Å². The molecule has 2 fully saturated rings. The number of nitrogens with zero attached hydrogens (tertiary/aromatic N) is 1. The quantitative estimate of drug-likeness (QED) is 0.806. The van der Waals surface area contributed by atoms with Gasteiger partial charge in [-0.05, 0) is 38.7 Å². The van der Waals surface area contributed by atoms with E-state index in [1.54, 1.807) is 13.2 Å². The molecule has 114 valence electrons. The number of carbonyl (C=O) groups is 1. The Morgan fingerprint density at radius 1 is 1.29 bits per heavy atom. The molecule has 0 spiro atoms. The van der Waals surface area contributed by atoms with Crippen molar-refractivity contribution in [1.29, 1.82) is 0 Å². The van der Waals surface area contributed by atoms with Gasteiger partial charge in [-0.3, -0.25) is 9.00 Å². The second-order valence-electron chi connectivity index (χ2n) is 6.02.